The Morgan fingerprint density at radius 2 is 1.94 bits per heavy atom. The number of rotatable bonds is 2. The molecule has 0 aliphatic heterocycles. The molecule has 1 aromatic carbocycles. The van der Waals surface area contributed by atoms with Gasteiger partial charge in [-0.1, -0.05) is 23.2 Å². The van der Waals surface area contributed by atoms with E-state index in [1.807, 2.05) is 25.1 Å². The van der Waals surface area contributed by atoms with Crippen molar-refractivity contribution in [2.45, 2.75) is 6.92 Å². The van der Waals surface area contributed by atoms with E-state index in [2.05, 4.69) is 9.97 Å². The van der Waals surface area contributed by atoms with Crippen LogP contribution in [0, 0.1) is 6.92 Å². The van der Waals surface area contributed by atoms with Gasteiger partial charge in [-0.2, -0.15) is 0 Å². The number of methoxy groups -OCH3 is 1. The van der Waals surface area contributed by atoms with E-state index >= 15 is 0 Å². The summed E-state index contributed by atoms with van der Waals surface area (Å²) in [6.45, 7) is 2.01. The van der Waals surface area contributed by atoms with E-state index in [9.17, 15) is 0 Å². The molecule has 0 N–H and O–H groups in total. The lowest BCUT2D eigenvalue weighted by molar-refractivity contribution is 0.416. The Bertz CT molecular complexity index is 514. The van der Waals surface area contributed by atoms with Gasteiger partial charge in [0.15, 0.2) is 5.15 Å². The average molecular weight is 235 g/mol. The first-order valence-electron chi connectivity index (χ1n) is 4.84. The van der Waals surface area contributed by atoms with Gasteiger partial charge in [0.2, 0.25) is 0 Å². The number of hydrogen-bond acceptors (Lipinski definition) is 3. The van der Waals surface area contributed by atoms with Crippen molar-refractivity contribution in [3.8, 4) is 17.0 Å². The van der Waals surface area contributed by atoms with Crippen molar-refractivity contribution in [3.63, 3.8) is 0 Å². The van der Waals surface area contributed by atoms with Crippen LogP contribution in [-0.2, 0) is 0 Å². The second-order valence-electron chi connectivity index (χ2n) is 3.40. The number of aryl methyl sites for hydroxylation is 1. The van der Waals surface area contributed by atoms with E-state index in [0.29, 0.717) is 10.8 Å². The highest BCUT2D eigenvalue weighted by atomic mass is 35.5. The number of nitrogens with zero attached hydrogens (tertiary/aromatic N) is 2. The number of halogens is 1. The molecule has 0 aliphatic rings. The fraction of sp³-hybridized carbons (Fsp3) is 0.167. The molecule has 0 saturated heterocycles. The summed E-state index contributed by atoms with van der Waals surface area (Å²) in [6.07, 6.45) is 3.18. The van der Waals surface area contributed by atoms with Gasteiger partial charge in [0, 0.05) is 18.0 Å². The molecule has 0 saturated carbocycles. The van der Waals surface area contributed by atoms with Crippen molar-refractivity contribution in [2.75, 3.05) is 7.11 Å². The molecule has 0 radical (unpaired) electrons. The standard InChI is InChI=1S/C12H11ClN2O/c1-8-3-4-10(16-2)9(7-8)11-12(13)15-6-5-14-11/h3-7H,1-2H3. The number of benzene rings is 1. The van der Waals surface area contributed by atoms with E-state index in [1.54, 1.807) is 19.5 Å². The van der Waals surface area contributed by atoms with Gasteiger partial charge in [0.05, 0.1) is 7.11 Å². The first kappa shape index (κ1) is 10.9. The molecule has 2 aromatic rings. The minimum atomic E-state index is 0.381. The molecule has 0 bridgehead atoms. The SMILES string of the molecule is COc1ccc(C)cc1-c1nccnc1Cl. The lowest BCUT2D eigenvalue weighted by Crippen LogP contribution is -1.92. The Hall–Kier alpha value is -1.61. The van der Waals surface area contributed by atoms with Crippen LogP contribution in [0.4, 0.5) is 0 Å². The molecular formula is C12H11ClN2O. The molecule has 0 aliphatic carbocycles. The Balaban J connectivity index is 2.63. The Kier molecular flexibility index (Phi) is 3.06. The highest BCUT2D eigenvalue weighted by molar-refractivity contribution is 6.31. The van der Waals surface area contributed by atoms with E-state index in [0.717, 1.165) is 16.9 Å². The topological polar surface area (TPSA) is 35.0 Å². The predicted octanol–water partition coefficient (Wildman–Crippen LogP) is 3.11. The highest BCUT2D eigenvalue weighted by Gasteiger charge is 2.11. The fourth-order valence-electron chi connectivity index (χ4n) is 1.51. The van der Waals surface area contributed by atoms with Crippen LogP contribution in [0.5, 0.6) is 5.75 Å². The van der Waals surface area contributed by atoms with E-state index < -0.39 is 0 Å². The Labute approximate surface area is 99.1 Å². The van der Waals surface area contributed by atoms with Crippen LogP contribution < -0.4 is 4.74 Å². The summed E-state index contributed by atoms with van der Waals surface area (Å²) in [5.74, 6) is 0.744. The normalized spacial score (nSPS) is 10.2. The third kappa shape index (κ3) is 1.99. The van der Waals surface area contributed by atoms with Gasteiger partial charge in [-0.15, -0.1) is 0 Å². The first-order chi connectivity index (χ1) is 7.72. The van der Waals surface area contributed by atoms with Gasteiger partial charge in [0.25, 0.3) is 0 Å². The number of ether oxygens (including phenoxy) is 1. The smallest absolute Gasteiger partial charge is 0.155 e. The van der Waals surface area contributed by atoms with Crippen LogP contribution >= 0.6 is 11.6 Å². The molecule has 0 atom stereocenters. The maximum absolute atomic E-state index is 6.01. The summed E-state index contributed by atoms with van der Waals surface area (Å²) >= 11 is 6.01. The summed E-state index contributed by atoms with van der Waals surface area (Å²) < 4.78 is 5.28. The number of aromatic nitrogens is 2. The largest absolute Gasteiger partial charge is 0.496 e. The first-order valence-corrected chi connectivity index (χ1v) is 5.21. The Morgan fingerprint density at radius 1 is 1.19 bits per heavy atom. The quantitative estimate of drug-likeness (QED) is 0.801. The van der Waals surface area contributed by atoms with Gasteiger partial charge in [-0.3, -0.25) is 4.98 Å². The predicted molar refractivity (Wildman–Crippen MR) is 63.8 cm³/mol. The molecule has 82 valence electrons. The van der Waals surface area contributed by atoms with E-state index in [1.165, 1.54) is 0 Å². The highest BCUT2D eigenvalue weighted by Crippen LogP contribution is 2.32. The summed E-state index contributed by atoms with van der Waals surface area (Å²) in [4.78, 5) is 8.23. The van der Waals surface area contributed by atoms with Crippen LogP contribution in [0.2, 0.25) is 5.15 Å². The van der Waals surface area contributed by atoms with Crippen LogP contribution in [0.1, 0.15) is 5.56 Å². The lowest BCUT2D eigenvalue weighted by Gasteiger charge is -2.09. The molecular weight excluding hydrogens is 224 g/mol. The molecule has 0 fully saturated rings. The maximum atomic E-state index is 6.01. The minimum absolute atomic E-state index is 0.381. The summed E-state index contributed by atoms with van der Waals surface area (Å²) in [7, 11) is 1.62. The zero-order chi connectivity index (χ0) is 11.5. The lowest BCUT2D eigenvalue weighted by atomic mass is 10.1. The molecule has 16 heavy (non-hydrogen) atoms. The molecule has 0 amide bonds. The van der Waals surface area contributed by atoms with E-state index in [-0.39, 0.29) is 0 Å². The van der Waals surface area contributed by atoms with Crippen molar-refractivity contribution in [1.29, 1.82) is 0 Å². The van der Waals surface area contributed by atoms with Gasteiger partial charge in [-0.05, 0) is 19.1 Å². The molecule has 0 unspecified atom stereocenters. The summed E-state index contributed by atoms with van der Waals surface area (Å²) in [5, 5.41) is 0.381. The van der Waals surface area contributed by atoms with Crippen LogP contribution in [0.25, 0.3) is 11.3 Å². The second-order valence-corrected chi connectivity index (χ2v) is 3.76. The van der Waals surface area contributed by atoms with Gasteiger partial charge < -0.3 is 4.74 Å². The molecule has 3 nitrogen and oxygen atoms in total. The van der Waals surface area contributed by atoms with E-state index in [4.69, 9.17) is 16.3 Å². The molecule has 2 rings (SSSR count). The summed E-state index contributed by atoms with van der Waals surface area (Å²) in [5.41, 5.74) is 2.63. The van der Waals surface area contributed by atoms with Crippen molar-refractivity contribution >= 4 is 11.6 Å². The van der Waals surface area contributed by atoms with Gasteiger partial charge in [0.1, 0.15) is 11.4 Å². The second kappa shape index (κ2) is 4.49. The van der Waals surface area contributed by atoms with Crippen molar-refractivity contribution in [3.05, 3.63) is 41.3 Å². The van der Waals surface area contributed by atoms with Crippen LogP contribution in [0.3, 0.4) is 0 Å². The third-order valence-electron chi connectivity index (χ3n) is 2.26. The maximum Gasteiger partial charge on any atom is 0.155 e. The van der Waals surface area contributed by atoms with Crippen molar-refractivity contribution in [1.82, 2.24) is 9.97 Å². The van der Waals surface area contributed by atoms with Crippen molar-refractivity contribution in [2.24, 2.45) is 0 Å². The number of hydrogen-bond donors (Lipinski definition) is 0. The molecule has 4 heteroatoms. The van der Waals surface area contributed by atoms with Crippen LogP contribution in [0.15, 0.2) is 30.6 Å². The Morgan fingerprint density at radius 3 is 2.62 bits per heavy atom. The molecule has 0 spiro atoms. The zero-order valence-electron chi connectivity index (χ0n) is 9.07. The van der Waals surface area contributed by atoms with Gasteiger partial charge >= 0.3 is 0 Å². The minimum Gasteiger partial charge on any atom is -0.496 e. The van der Waals surface area contributed by atoms with Gasteiger partial charge in [-0.25, -0.2) is 4.98 Å². The fourth-order valence-corrected chi connectivity index (χ4v) is 1.72. The van der Waals surface area contributed by atoms with Crippen molar-refractivity contribution < 1.29 is 4.74 Å². The molecule has 1 heterocycles. The third-order valence-corrected chi connectivity index (χ3v) is 2.54. The zero-order valence-corrected chi connectivity index (χ0v) is 9.82. The average Bonchev–Trinajstić information content (AvgIpc) is 2.29. The molecule has 1 aromatic heterocycles. The van der Waals surface area contributed by atoms with Crippen LogP contribution in [-0.4, -0.2) is 17.1 Å². The monoisotopic (exact) mass is 234 g/mol. The summed E-state index contributed by atoms with van der Waals surface area (Å²) in [6, 6.07) is 5.86.